The number of fused-ring (bicyclic) bond motifs is 1. The van der Waals surface area contributed by atoms with E-state index in [1.54, 1.807) is 36.5 Å². The summed E-state index contributed by atoms with van der Waals surface area (Å²) in [6, 6.07) is 16.5. The van der Waals surface area contributed by atoms with E-state index in [0.717, 1.165) is 16.6 Å². The molecule has 7 heteroatoms. The van der Waals surface area contributed by atoms with Crippen molar-refractivity contribution >= 4 is 33.6 Å². The minimum absolute atomic E-state index is 0.310. The monoisotopic (exact) mass is 389 g/mol. The topological polar surface area (TPSA) is 78.9 Å². The van der Waals surface area contributed by atoms with E-state index in [2.05, 4.69) is 16.4 Å². The first-order valence-electron chi connectivity index (χ1n) is 8.25. The van der Waals surface area contributed by atoms with Crippen LogP contribution in [0.4, 0.5) is 10.1 Å². The van der Waals surface area contributed by atoms with Gasteiger partial charge < -0.3 is 9.73 Å². The Morgan fingerprint density at radius 3 is 2.79 bits per heavy atom. The normalized spacial score (nSPS) is 11.4. The zero-order valence-electron chi connectivity index (χ0n) is 14.3. The molecule has 5 nitrogen and oxygen atoms in total. The molecule has 4 rings (SSSR count). The van der Waals surface area contributed by atoms with Gasteiger partial charge in [-0.25, -0.2) is 14.2 Å². The second-order valence-corrected chi connectivity index (χ2v) is 6.72. The van der Waals surface area contributed by atoms with E-state index in [9.17, 15) is 14.4 Å². The van der Waals surface area contributed by atoms with Crippen LogP contribution in [0.3, 0.4) is 0 Å². The Labute approximate surface area is 163 Å². The smallest absolute Gasteiger partial charge is 0.336 e. The number of hydrogen-bond donors (Lipinski definition) is 1. The molecule has 0 fully saturated rings. The Kier molecular flexibility index (Phi) is 4.70. The first-order valence-corrected chi connectivity index (χ1v) is 9.13. The van der Waals surface area contributed by atoms with Gasteiger partial charge in [-0.05, 0) is 48.5 Å². The van der Waals surface area contributed by atoms with Crippen molar-refractivity contribution in [1.29, 1.82) is 5.26 Å². The van der Waals surface area contributed by atoms with Crippen LogP contribution in [-0.2, 0) is 0 Å². The number of benzene rings is 2. The number of thiazole rings is 1. The maximum Gasteiger partial charge on any atom is 0.336 e. The fraction of sp³-hybridized carbons (Fsp3) is 0. The highest BCUT2D eigenvalue weighted by Gasteiger charge is 2.09. The predicted molar refractivity (Wildman–Crippen MR) is 107 cm³/mol. The standard InChI is InChI=1S/C21H12FN3O2S/c22-16-4-1-13(2-5-16)18-12-28-21(25-18)15(10-23)11-24-17-6-7-19-14(9-17)3-8-20(26)27-19/h1-9,11-12,24H. The van der Waals surface area contributed by atoms with Crippen molar-refractivity contribution in [3.8, 4) is 17.3 Å². The fourth-order valence-electron chi connectivity index (χ4n) is 2.61. The van der Waals surface area contributed by atoms with Crippen LogP contribution in [0.1, 0.15) is 5.01 Å². The summed E-state index contributed by atoms with van der Waals surface area (Å²) in [6.45, 7) is 0. The average Bonchev–Trinajstić information content (AvgIpc) is 3.19. The first kappa shape index (κ1) is 17.6. The number of aromatic nitrogens is 1. The first-order chi connectivity index (χ1) is 13.6. The number of halogens is 1. The summed E-state index contributed by atoms with van der Waals surface area (Å²) < 4.78 is 18.2. The quantitative estimate of drug-likeness (QED) is 0.391. The molecule has 136 valence electrons. The van der Waals surface area contributed by atoms with Crippen LogP contribution in [-0.4, -0.2) is 4.98 Å². The third-order valence-corrected chi connectivity index (χ3v) is 4.87. The molecule has 0 bridgehead atoms. The van der Waals surface area contributed by atoms with Crippen molar-refractivity contribution in [2.24, 2.45) is 0 Å². The van der Waals surface area contributed by atoms with Crippen LogP contribution in [0, 0.1) is 17.1 Å². The van der Waals surface area contributed by atoms with Crippen molar-refractivity contribution < 1.29 is 8.81 Å². The molecule has 0 aliphatic heterocycles. The predicted octanol–water partition coefficient (Wildman–Crippen LogP) is 5.03. The van der Waals surface area contributed by atoms with E-state index < -0.39 is 5.63 Å². The van der Waals surface area contributed by atoms with Crippen molar-refractivity contribution in [3.63, 3.8) is 0 Å². The summed E-state index contributed by atoms with van der Waals surface area (Å²) in [5.41, 5.74) is 2.67. The van der Waals surface area contributed by atoms with E-state index in [-0.39, 0.29) is 5.82 Å². The van der Waals surface area contributed by atoms with Gasteiger partial charge in [0.25, 0.3) is 0 Å². The highest BCUT2D eigenvalue weighted by atomic mass is 32.1. The van der Waals surface area contributed by atoms with Gasteiger partial charge in [0.2, 0.25) is 0 Å². The second kappa shape index (κ2) is 7.47. The van der Waals surface area contributed by atoms with E-state index in [4.69, 9.17) is 4.42 Å². The molecule has 0 amide bonds. The molecule has 0 spiro atoms. The molecule has 28 heavy (non-hydrogen) atoms. The number of nitrogens with one attached hydrogen (secondary N) is 1. The molecule has 2 aromatic carbocycles. The number of hydrogen-bond acceptors (Lipinski definition) is 6. The number of anilines is 1. The molecule has 0 saturated heterocycles. The lowest BCUT2D eigenvalue weighted by molar-refractivity contribution is 0.561. The minimum atomic E-state index is -0.402. The average molecular weight is 389 g/mol. The van der Waals surface area contributed by atoms with Gasteiger partial charge in [-0.1, -0.05) is 0 Å². The molecule has 1 N–H and O–H groups in total. The summed E-state index contributed by atoms with van der Waals surface area (Å²) in [6.07, 6.45) is 1.58. The van der Waals surface area contributed by atoms with E-state index >= 15 is 0 Å². The van der Waals surface area contributed by atoms with Gasteiger partial charge in [0, 0.05) is 34.3 Å². The van der Waals surface area contributed by atoms with Crippen molar-refractivity contribution in [3.05, 3.63) is 87.4 Å². The summed E-state index contributed by atoms with van der Waals surface area (Å²) in [5, 5.41) is 15.7. The van der Waals surface area contributed by atoms with Crippen LogP contribution in [0.5, 0.6) is 0 Å². The maximum absolute atomic E-state index is 13.1. The number of allylic oxidation sites excluding steroid dienone is 1. The maximum atomic E-state index is 13.1. The highest BCUT2D eigenvalue weighted by Crippen LogP contribution is 2.26. The van der Waals surface area contributed by atoms with E-state index in [1.165, 1.54) is 29.5 Å². The third-order valence-electron chi connectivity index (χ3n) is 4.00. The Hall–Kier alpha value is -3.76. The lowest BCUT2D eigenvalue weighted by atomic mass is 10.2. The Morgan fingerprint density at radius 2 is 2.00 bits per heavy atom. The van der Waals surface area contributed by atoms with Gasteiger partial charge in [-0.15, -0.1) is 11.3 Å². The zero-order valence-corrected chi connectivity index (χ0v) is 15.2. The summed E-state index contributed by atoms with van der Waals surface area (Å²) in [4.78, 5) is 15.7. The van der Waals surface area contributed by atoms with Gasteiger partial charge >= 0.3 is 5.63 Å². The molecule has 0 saturated carbocycles. The molecular formula is C21H12FN3O2S. The minimum Gasteiger partial charge on any atom is -0.423 e. The second-order valence-electron chi connectivity index (χ2n) is 5.87. The van der Waals surface area contributed by atoms with Gasteiger partial charge in [0.05, 0.1) is 5.69 Å². The molecule has 0 aliphatic carbocycles. The highest BCUT2D eigenvalue weighted by molar-refractivity contribution is 7.11. The van der Waals surface area contributed by atoms with Crippen LogP contribution in [0.25, 0.3) is 27.8 Å². The van der Waals surface area contributed by atoms with E-state index in [1.807, 2.05) is 11.4 Å². The summed E-state index contributed by atoms with van der Waals surface area (Å²) in [7, 11) is 0. The molecule has 2 aromatic heterocycles. The van der Waals surface area contributed by atoms with Crippen LogP contribution >= 0.6 is 11.3 Å². The molecular weight excluding hydrogens is 377 g/mol. The van der Waals surface area contributed by atoms with Crippen LogP contribution in [0.2, 0.25) is 0 Å². The zero-order chi connectivity index (χ0) is 19.5. The van der Waals surface area contributed by atoms with Gasteiger partial charge in [-0.3, -0.25) is 0 Å². The Bertz CT molecular complexity index is 1280. The number of rotatable bonds is 4. The van der Waals surface area contributed by atoms with Crippen molar-refractivity contribution in [2.75, 3.05) is 5.32 Å². The molecule has 0 atom stereocenters. The van der Waals surface area contributed by atoms with Crippen LogP contribution in [0.15, 0.2) is 75.4 Å². The largest absolute Gasteiger partial charge is 0.423 e. The Morgan fingerprint density at radius 1 is 1.18 bits per heavy atom. The molecule has 2 heterocycles. The van der Waals surface area contributed by atoms with Gasteiger partial charge in [0.15, 0.2) is 0 Å². The summed E-state index contributed by atoms with van der Waals surface area (Å²) in [5.74, 6) is -0.310. The fourth-order valence-corrected chi connectivity index (χ4v) is 3.40. The van der Waals surface area contributed by atoms with Gasteiger partial charge in [0.1, 0.15) is 28.1 Å². The lowest BCUT2D eigenvalue weighted by Gasteiger charge is -2.03. The molecule has 4 aromatic rings. The SMILES string of the molecule is N#CC(=CNc1ccc2oc(=O)ccc2c1)c1nc(-c2ccc(F)cc2)cs1. The summed E-state index contributed by atoms with van der Waals surface area (Å²) >= 11 is 1.34. The van der Waals surface area contributed by atoms with Crippen molar-refractivity contribution in [2.45, 2.75) is 0 Å². The molecule has 0 radical (unpaired) electrons. The lowest BCUT2D eigenvalue weighted by Crippen LogP contribution is -1.95. The Balaban J connectivity index is 1.58. The number of nitriles is 1. The molecule has 0 unspecified atom stereocenters. The molecule has 0 aliphatic rings. The van der Waals surface area contributed by atoms with Crippen LogP contribution < -0.4 is 10.9 Å². The van der Waals surface area contributed by atoms with E-state index in [0.29, 0.717) is 21.9 Å². The third kappa shape index (κ3) is 3.68. The van der Waals surface area contributed by atoms with Crippen molar-refractivity contribution in [1.82, 2.24) is 4.98 Å². The van der Waals surface area contributed by atoms with Gasteiger partial charge in [-0.2, -0.15) is 5.26 Å². The number of nitrogens with zero attached hydrogens (tertiary/aromatic N) is 2.